The SMILES string of the molecule is Cc1nc(NCc2cncc(Br)c2)c(C#N)c(=O)[nH]1. The second kappa shape index (κ2) is 5.63. The van der Waals surface area contributed by atoms with Crippen LogP contribution < -0.4 is 10.9 Å². The second-order valence-corrected chi connectivity index (χ2v) is 4.77. The summed E-state index contributed by atoms with van der Waals surface area (Å²) in [6, 6.07) is 3.74. The number of H-pyrrole nitrogens is 1. The van der Waals surface area contributed by atoms with Crippen LogP contribution in [0.1, 0.15) is 17.0 Å². The van der Waals surface area contributed by atoms with Crippen molar-refractivity contribution in [3.05, 3.63) is 50.2 Å². The fourth-order valence-electron chi connectivity index (χ4n) is 1.56. The smallest absolute Gasteiger partial charge is 0.271 e. The van der Waals surface area contributed by atoms with Gasteiger partial charge in [-0.2, -0.15) is 5.26 Å². The summed E-state index contributed by atoms with van der Waals surface area (Å²) >= 11 is 3.33. The fourth-order valence-corrected chi connectivity index (χ4v) is 1.97. The molecular weight excluding hydrogens is 310 g/mol. The van der Waals surface area contributed by atoms with Gasteiger partial charge in [0.1, 0.15) is 11.9 Å². The molecule has 0 saturated carbocycles. The van der Waals surface area contributed by atoms with Gasteiger partial charge in [0.25, 0.3) is 5.56 Å². The van der Waals surface area contributed by atoms with Crippen LogP contribution in [0.3, 0.4) is 0 Å². The normalized spacial score (nSPS) is 9.95. The molecule has 0 fully saturated rings. The largest absolute Gasteiger partial charge is 0.365 e. The number of hydrogen-bond acceptors (Lipinski definition) is 5. The second-order valence-electron chi connectivity index (χ2n) is 3.85. The van der Waals surface area contributed by atoms with E-state index in [1.807, 2.05) is 12.1 Å². The highest BCUT2D eigenvalue weighted by molar-refractivity contribution is 9.10. The monoisotopic (exact) mass is 319 g/mol. The molecule has 0 saturated heterocycles. The molecule has 0 aromatic carbocycles. The Morgan fingerprint density at radius 2 is 2.32 bits per heavy atom. The maximum absolute atomic E-state index is 11.6. The number of hydrogen-bond donors (Lipinski definition) is 2. The molecule has 0 radical (unpaired) electrons. The van der Waals surface area contributed by atoms with Crippen molar-refractivity contribution < 1.29 is 0 Å². The van der Waals surface area contributed by atoms with Crippen LogP contribution in [0.25, 0.3) is 0 Å². The summed E-state index contributed by atoms with van der Waals surface area (Å²) in [5.41, 5.74) is 0.455. The number of aromatic nitrogens is 3. The van der Waals surface area contributed by atoms with E-state index in [4.69, 9.17) is 5.26 Å². The van der Waals surface area contributed by atoms with Crippen molar-refractivity contribution >= 4 is 21.7 Å². The summed E-state index contributed by atoms with van der Waals surface area (Å²) in [5, 5.41) is 11.9. The van der Waals surface area contributed by atoms with Crippen LogP contribution in [0.5, 0.6) is 0 Å². The summed E-state index contributed by atoms with van der Waals surface area (Å²) in [4.78, 5) is 22.2. The zero-order valence-electron chi connectivity index (χ0n) is 10.1. The lowest BCUT2D eigenvalue weighted by Crippen LogP contribution is -2.17. The predicted molar refractivity (Wildman–Crippen MR) is 73.6 cm³/mol. The van der Waals surface area contributed by atoms with Gasteiger partial charge in [-0.05, 0) is 34.5 Å². The average molecular weight is 320 g/mol. The Morgan fingerprint density at radius 3 is 3.00 bits per heavy atom. The van der Waals surface area contributed by atoms with Crippen molar-refractivity contribution in [2.45, 2.75) is 13.5 Å². The van der Waals surface area contributed by atoms with E-state index < -0.39 is 5.56 Å². The molecule has 0 aliphatic rings. The molecule has 96 valence electrons. The topological polar surface area (TPSA) is 94.5 Å². The van der Waals surface area contributed by atoms with Gasteiger partial charge < -0.3 is 10.3 Å². The lowest BCUT2D eigenvalue weighted by molar-refractivity contribution is 0.984. The van der Waals surface area contributed by atoms with Gasteiger partial charge in [-0.1, -0.05) is 0 Å². The molecule has 6 nitrogen and oxygen atoms in total. The van der Waals surface area contributed by atoms with Gasteiger partial charge in [0.2, 0.25) is 0 Å². The Hall–Kier alpha value is -2.20. The summed E-state index contributed by atoms with van der Waals surface area (Å²) < 4.78 is 0.863. The standard InChI is InChI=1S/C12H10BrN5O/c1-7-17-11(10(3-14)12(19)18-7)16-5-8-2-9(13)6-15-4-8/h2,4,6H,5H2,1H3,(H2,16,17,18,19). The number of nitrogens with one attached hydrogen (secondary N) is 2. The van der Waals surface area contributed by atoms with E-state index in [2.05, 4.69) is 36.2 Å². The molecule has 0 bridgehead atoms. The number of anilines is 1. The predicted octanol–water partition coefficient (Wildman–Crippen LogP) is 1.72. The lowest BCUT2D eigenvalue weighted by Gasteiger charge is -2.07. The Balaban J connectivity index is 2.25. The number of nitriles is 1. The van der Waals surface area contributed by atoms with Gasteiger partial charge in [0.15, 0.2) is 11.4 Å². The van der Waals surface area contributed by atoms with E-state index in [9.17, 15) is 4.79 Å². The van der Waals surface area contributed by atoms with Crippen molar-refractivity contribution in [3.8, 4) is 6.07 Å². The Bertz CT molecular complexity index is 704. The summed E-state index contributed by atoms with van der Waals surface area (Å²) in [6.07, 6.45) is 3.38. The number of halogens is 1. The third-order valence-electron chi connectivity index (χ3n) is 2.37. The molecule has 0 spiro atoms. The molecule has 2 N–H and O–H groups in total. The van der Waals surface area contributed by atoms with Gasteiger partial charge in [-0.3, -0.25) is 9.78 Å². The third-order valence-corrected chi connectivity index (χ3v) is 2.80. The molecule has 2 heterocycles. The van der Waals surface area contributed by atoms with E-state index in [0.717, 1.165) is 10.0 Å². The van der Waals surface area contributed by atoms with Crippen molar-refractivity contribution in [2.24, 2.45) is 0 Å². The molecule has 2 aromatic heterocycles. The van der Waals surface area contributed by atoms with Gasteiger partial charge in [0.05, 0.1) is 0 Å². The molecule has 0 unspecified atom stereocenters. The Morgan fingerprint density at radius 1 is 1.53 bits per heavy atom. The molecule has 0 aliphatic heterocycles. The highest BCUT2D eigenvalue weighted by atomic mass is 79.9. The zero-order valence-corrected chi connectivity index (χ0v) is 11.7. The first-order chi connectivity index (χ1) is 9.10. The molecule has 7 heteroatoms. The zero-order chi connectivity index (χ0) is 13.8. The minimum Gasteiger partial charge on any atom is -0.365 e. The van der Waals surface area contributed by atoms with E-state index in [-0.39, 0.29) is 11.4 Å². The summed E-state index contributed by atoms with van der Waals surface area (Å²) in [5.74, 6) is 0.739. The quantitative estimate of drug-likeness (QED) is 0.898. The number of aromatic amines is 1. The van der Waals surface area contributed by atoms with E-state index in [1.165, 1.54) is 0 Å². The van der Waals surface area contributed by atoms with Crippen LogP contribution in [0.2, 0.25) is 0 Å². The third kappa shape index (κ3) is 3.17. The number of rotatable bonds is 3. The van der Waals surface area contributed by atoms with Gasteiger partial charge in [-0.15, -0.1) is 0 Å². The molecule has 0 aliphatic carbocycles. The Labute approximate surface area is 117 Å². The first-order valence-corrected chi connectivity index (χ1v) is 6.24. The maximum atomic E-state index is 11.6. The van der Waals surface area contributed by atoms with E-state index in [1.54, 1.807) is 19.3 Å². The maximum Gasteiger partial charge on any atom is 0.271 e. The van der Waals surface area contributed by atoms with Crippen LogP contribution in [-0.2, 0) is 6.54 Å². The molecule has 2 aromatic rings. The van der Waals surface area contributed by atoms with E-state index in [0.29, 0.717) is 12.4 Å². The molecule has 2 rings (SSSR count). The van der Waals surface area contributed by atoms with Crippen LogP contribution >= 0.6 is 15.9 Å². The van der Waals surface area contributed by atoms with Crippen LogP contribution in [0.4, 0.5) is 5.82 Å². The van der Waals surface area contributed by atoms with Crippen LogP contribution in [-0.4, -0.2) is 15.0 Å². The summed E-state index contributed by atoms with van der Waals surface area (Å²) in [7, 11) is 0. The lowest BCUT2D eigenvalue weighted by atomic mass is 10.2. The Kier molecular flexibility index (Phi) is 3.92. The first kappa shape index (κ1) is 13.2. The van der Waals surface area contributed by atoms with Crippen molar-refractivity contribution in [1.82, 2.24) is 15.0 Å². The van der Waals surface area contributed by atoms with Gasteiger partial charge in [-0.25, -0.2) is 4.98 Å². The molecular formula is C12H10BrN5O. The van der Waals surface area contributed by atoms with Gasteiger partial charge >= 0.3 is 0 Å². The van der Waals surface area contributed by atoms with Crippen molar-refractivity contribution in [3.63, 3.8) is 0 Å². The molecule has 0 amide bonds. The highest BCUT2D eigenvalue weighted by Gasteiger charge is 2.09. The van der Waals surface area contributed by atoms with Crippen LogP contribution in [0, 0.1) is 18.3 Å². The van der Waals surface area contributed by atoms with E-state index >= 15 is 0 Å². The summed E-state index contributed by atoms with van der Waals surface area (Å²) in [6.45, 7) is 2.09. The minimum absolute atomic E-state index is 0.0199. The molecule has 0 atom stereocenters. The fraction of sp³-hybridized carbons (Fsp3) is 0.167. The van der Waals surface area contributed by atoms with Crippen molar-refractivity contribution in [2.75, 3.05) is 5.32 Å². The van der Waals surface area contributed by atoms with Crippen molar-refractivity contribution in [1.29, 1.82) is 5.26 Å². The number of nitrogens with zero attached hydrogens (tertiary/aromatic N) is 3. The number of aryl methyl sites for hydroxylation is 1. The van der Waals surface area contributed by atoms with Crippen LogP contribution in [0.15, 0.2) is 27.7 Å². The highest BCUT2D eigenvalue weighted by Crippen LogP contribution is 2.12. The average Bonchev–Trinajstić information content (AvgIpc) is 2.36. The molecule has 19 heavy (non-hydrogen) atoms. The number of pyridine rings is 1. The minimum atomic E-state index is -0.440. The first-order valence-electron chi connectivity index (χ1n) is 5.44. The van der Waals surface area contributed by atoms with Gasteiger partial charge in [0, 0.05) is 23.4 Å².